The van der Waals surface area contributed by atoms with E-state index in [1.807, 2.05) is 30.3 Å². The van der Waals surface area contributed by atoms with Crippen LogP contribution in [0.4, 0.5) is 0 Å². The fraction of sp³-hybridized carbons (Fsp3) is 0.250. The molecule has 0 bridgehead atoms. The van der Waals surface area contributed by atoms with E-state index in [4.69, 9.17) is 0 Å². The van der Waals surface area contributed by atoms with E-state index in [-0.39, 0.29) is 0 Å². The Bertz CT molecular complexity index is 496. The summed E-state index contributed by atoms with van der Waals surface area (Å²) in [5.74, 6) is -0.924. The summed E-state index contributed by atoms with van der Waals surface area (Å²) < 4.78 is 1.38. The monoisotopic (exact) mass is 231 g/mol. The number of carboxylic acids is 1. The molecule has 0 saturated heterocycles. The molecule has 0 aliphatic rings. The molecule has 88 valence electrons. The Kier molecular flexibility index (Phi) is 2.91. The van der Waals surface area contributed by atoms with Gasteiger partial charge in [0.1, 0.15) is 12.7 Å². The smallest absolute Gasteiger partial charge is 0.331 e. The third-order valence-electron chi connectivity index (χ3n) is 2.78. The Morgan fingerprint density at radius 3 is 2.65 bits per heavy atom. The molecule has 0 amide bonds. The van der Waals surface area contributed by atoms with Crippen molar-refractivity contribution in [3.8, 4) is 0 Å². The molecule has 5 heteroatoms. The Hall–Kier alpha value is -2.17. The van der Waals surface area contributed by atoms with Crippen LogP contribution >= 0.6 is 0 Å². The number of aromatic nitrogens is 3. The molecule has 1 unspecified atom stereocenters. The molecule has 0 aliphatic carbocycles. The molecular formula is C12H13N3O2. The van der Waals surface area contributed by atoms with Crippen molar-refractivity contribution >= 4 is 5.97 Å². The van der Waals surface area contributed by atoms with Crippen LogP contribution < -0.4 is 0 Å². The van der Waals surface area contributed by atoms with Crippen molar-refractivity contribution in [3.63, 3.8) is 0 Å². The van der Waals surface area contributed by atoms with Gasteiger partial charge in [-0.2, -0.15) is 5.10 Å². The zero-order valence-corrected chi connectivity index (χ0v) is 9.45. The summed E-state index contributed by atoms with van der Waals surface area (Å²) in [5, 5.41) is 13.3. The summed E-state index contributed by atoms with van der Waals surface area (Å²) in [6.07, 6.45) is 3.13. The average molecular weight is 231 g/mol. The first-order chi connectivity index (χ1) is 8.13. The summed E-state index contributed by atoms with van der Waals surface area (Å²) >= 11 is 0. The van der Waals surface area contributed by atoms with Crippen LogP contribution in [0.3, 0.4) is 0 Å². The fourth-order valence-electron chi connectivity index (χ4n) is 1.71. The molecule has 5 nitrogen and oxygen atoms in total. The largest absolute Gasteiger partial charge is 0.479 e. The van der Waals surface area contributed by atoms with Crippen LogP contribution in [0, 0.1) is 0 Å². The van der Waals surface area contributed by atoms with Gasteiger partial charge in [0.05, 0.1) is 0 Å². The maximum atomic E-state index is 11.4. The molecule has 0 fully saturated rings. The van der Waals surface area contributed by atoms with Crippen LogP contribution in [-0.4, -0.2) is 25.8 Å². The standard InChI is InChI=1S/C12H13N3O2/c1-12(11(16)17,15-9-13-8-14-15)7-10-5-3-2-4-6-10/h2-6,8-9H,7H2,1H3,(H,16,17). The third-order valence-corrected chi connectivity index (χ3v) is 2.78. The topological polar surface area (TPSA) is 68.0 Å². The SMILES string of the molecule is CC(Cc1ccccc1)(C(=O)O)n1cncn1. The maximum Gasteiger partial charge on any atom is 0.331 e. The van der Waals surface area contributed by atoms with E-state index in [0.717, 1.165) is 5.56 Å². The minimum Gasteiger partial charge on any atom is -0.479 e. The minimum absolute atomic E-state index is 0.368. The van der Waals surface area contributed by atoms with E-state index in [9.17, 15) is 9.90 Å². The van der Waals surface area contributed by atoms with Gasteiger partial charge in [-0.3, -0.25) is 0 Å². The number of hydrogen-bond acceptors (Lipinski definition) is 3. The van der Waals surface area contributed by atoms with Crippen LogP contribution in [0.15, 0.2) is 43.0 Å². The molecule has 0 aliphatic heterocycles. The number of carboxylic acid groups (broad SMARTS) is 1. The summed E-state index contributed by atoms with van der Waals surface area (Å²) in [7, 11) is 0. The van der Waals surface area contributed by atoms with Gasteiger partial charge in [0.2, 0.25) is 0 Å². The molecule has 0 radical (unpaired) electrons. The van der Waals surface area contributed by atoms with Crippen molar-refractivity contribution in [2.45, 2.75) is 18.9 Å². The highest BCUT2D eigenvalue weighted by Crippen LogP contribution is 2.20. The molecule has 17 heavy (non-hydrogen) atoms. The van der Waals surface area contributed by atoms with Crippen LogP contribution in [0.1, 0.15) is 12.5 Å². The van der Waals surface area contributed by atoms with E-state index in [0.29, 0.717) is 6.42 Å². The predicted octanol–water partition coefficient (Wildman–Crippen LogP) is 1.32. The fourth-order valence-corrected chi connectivity index (χ4v) is 1.71. The van der Waals surface area contributed by atoms with Crippen molar-refractivity contribution in [2.24, 2.45) is 0 Å². The van der Waals surface area contributed by atoms with E-state index in [1.54, 1.807) is 6.92 Å². The van der Waals surface area contributed by atoms with Gasteiger partial charge in [-0.05, 0) is 12.5 Å². The zero-order chi connectivity index (χ0) is 12.3. The van der Waals surface area contributed by atoms with Crippen molar-refractivity contribution in [2.75, 3.05) is 0 Å². The van der Waals surface area contributed by atoms with Gasteiger partial charge in [0.15, 0.2) is 5.54 Å². The van der Waals surface area contributed by atoms with Gasteiger partial charge in [0, 0.05) is 6.42 Å². The molecule has 0 saturated carbocycles. The van der Waals surface area contributed by atoms with Gasteiger partial charge in [-0.1, -0.05) is 30.3 Å². The van der Waals surface area contributed by atoms with Gasteiger partial charge >= 0.3 is 5.97 Å². The Morgan fingerprint density at radius 2 is 2.12 bits per heavy atom. The molecular weight excluding hydrogens is 218 g/mol. The maximum absolute atomic E-state index is 11.4. The predicted molar refractivity (Wildman–Crippen MR) is 61.5 cm³/mol. The number of aliphatic carboxylic acids is 1. The van der Waals surface area contributed by atoms with E-state index in [2.05, 4.69) is 10.1 Å². The normalized spacial score (nSPS) is 14.2. The number of rotatable bonds is 4. The molecule has 1 N–H and O–H groups in total. The zero-order valence-electron chi connectivity index (χ0n) is 9.45. The van der Waals surface area contributed by atoms with Crippen molar-refractivity contribution < 1.29 is 9.90 Å². The van der Waals surface area contributed by atoms with Crippen LogP contribution in [0.25, 0.3) is 0 Å². The summed E-state index contributed by atoms with van der Waals surface area (Å²) in [6.45, 7) is 1.64. The van der Waals surface area contributed by atoms with E-state index < -0.39 is 11.5 Å². The lowest BCUT2D eigenvalue weighted by atomic mass is 9.93. The Balaban J connectivity index is 2.34. The number of benzene rings is 1. The first kappa shape index (κ1) is 11.3. The minimum atomic E-state index is -1.11. The lowest BCUT2D eigenvalue weighted by Gasteiger charge is -2.24. The molecule has 0 spiro atoms. The second-order valence-electron chi connectivity index (χ2n) is 4.08. The molecule has 1 aromatic heterocycles. The highest BCUT2D eigenvalue weighted by atomic mass is 16.4. The van der Waals surface area contributed by atoms with E-state index in [1.165, 1.54) is 17.3 Å². The second-order valence-corrected chi connectivity index (χ2v) is 4.08. The lowest BCUT2D eigenvalue weighted by molar-refractivity contribution is -0.147. The number of carbonyl (C=O) groups is 1. The Morgan fingerprint density at radius 1 is 1.41 bits per heavy atom. The highest BCUT2D eigenvalue weighted by Gasteiger charge is 2.36. The number of nitrogens with zero attached hydrogens (tertiary/aromatic N) is 3. The highest BCUT2D eigenvalue weighted by molar-refractivity contribution is 5.76. The van der Waals surface area contributed by atoms with Crippen molar-refractivity contribution in [1.29, 1.82) is 0 Å². The summed E-state index contributed by atoms with van der Waals surface area (Å²) in [4.78, 5) is 15.2. The second kappa shape index (κ2) is 4.37. The van der Waals surface area contributed by atoms with Crippen molar-refractivity contribution in [3.05, 3.63) is 48.5 Å². The summed E-state index contributed by atoms with van der Waals surface area (Å²) in [5.41, 5.74) is -0.161. The molecule has 1 atom stereocenters. The van der Waals surface area contributed by atoms with Crippen LogP contribution in [0.5, 0.6) is 0 Å². The third kappa shape index (κ3) is 2.18. The first-order valence-electron chi connectivity index (χ1n) is 5.25. The quantitative estimate of drug-likeness (QED) is 0.861. The van der Waals surface area contributed by atoms with Crippen LogP contribution in [0.2, 0.25) is 0 Å². The Labute approximate surface area is 98.7 Å². The molecule has 2 rings (SSSR count). The number of hydrogen-bond donors (Lipinski definition) is 1. The van der Waals surface area contributed by atoms with Gasteiger partial charge in [0.25, 0.3) is 0 Å². The average Bonchev–Trinajstić information content (AvgIpc) is 2.84. The van der Waals surface area contributed by atoms with E-state index >= 15 is 0 Å². The molecule has 2 aromatic rings. The molecule has 1 aromatic carbocycles. The van der Waals surface area contributed by atoms with Gasteiger partial charge in [-0.15, -0.1) is 0 Å². The lowest BCUT2D eigenvalue weighted by Crippen LogP contribution is -2.41. The van der Waals surface area contributed by atoms with Crippen molar-refractivity contribution in [1.82, 2.24) is 14.8 Å². The van der Waals surface area contributed by atoms with Crippen LogP contribution in [-0.2, 0) is 16.8 Å². The first-order valence-corrected chi connectivity index (χ1v) is 5.25. The molecule has 1 heterocycles. The summed E-state index contributed by atoms with van der Waals surface area (Å²) in [6, 6.07) is 9.48. The van der Waals surface area contributed by atoms with Gasteiger partial charge < -0.3 is 5.11 Å². The van der Waals surface area contributed by atoms with Gasteiger partial charge in [-0.25, -0.2) is 14.5 Å².